The Morgan fingerprint density at radius 3 is 2.55 bits per heavy atom. The smallest absolute Gasteiger partial charge is 0.191 e. The Balaban J connectivity index is 0.00000420. The maximum Gasteiger partial charge on any atom is 0.191 e. The molecule has 0 saturated heterocycles. The molecule has 0 saturated carbocycles. The molecule has 0 radical (unpaired) electrons. The molecule has 29 heavy (non-hydrogen) atoms. The molecule has 0 unspecified atom stereocenters. The van der Waals surface area contributed by atoms with E-state index in [1.165, 1.54) is 9.75 Å². The summed E-state index contributed by atoms with van der Waals surface area (Å²) in [5.74, 6) is 1.67. The van der Waals surface area contributed by atoms with Crippen LogP contribution in [0.25, 0.3) is 0 Å². The molecule has 0 fully saturated rings. The van der Waals surface area contributed by atoms with Crippen LogP contribution >= 0.6 is 35.3 Å². The van der Waals surface area contributed by atoms with Crippen molar-refractivity contribution >= 4 is 41.3 Å². The number of hydrogen-bond acceptors (Lipinski definition) is 5. The minimum absolute atomic E-state index is 0. The molecular formula is C21H33IN4O2S. The first-order valence-electron chi connectivity index (χ1n) is 9.49. The number of rotatable bonds is 11. The zero-order valence-electron chi connectivity index (χ0n) is 17.7. The molecule has 0 atom stereocenters. The predicted octanol–water partition coefficient (Wildman–Crippen LogP) is 3.50. The molecule has 2 aromatic rings. The maximum absolute atomic E-state index is 5.88. The fourth-order valence-corrected chi connectivity index (χ4v) is 3.41. The van der Waals surface area contributed by atoms with Gasteiger partial charge in [0.1, 0.15) is 12.4 Å². The van der Waals surface area contributed by atoms with Gasteiger partial charge in [-0.15, -0.1) is 35.3 Å². The van der Waals surface area contributed by atoms with Crippen LogP contribution in [-0.2, 0) is 17.8 Å². The summed E-state index contributed by atoms with van der Waals surface area (Å²) in [6.45, 7) is 6.74. The molecule has 0 amide bonds. The van der Waals surface area contributed by atoms with E-state index in [-0.39, 0.29) is 24.0 Å². The Morgan fingerprint density at radius 2 is 1.86 bits per heavy atom. The molecule has 1 aromatic carbocycles. The highest BCUT2D eigenvalue weighted by molar-refractivity contribution is 14.0. The normalized spacial score (nSPS) is 11.3. The molecule has 0 aliphatic rings. The van der Waals surface area contributed by atoms with Gasteiger partial charge in [0.25, 0.3) is 0 Å². The summed E-state index contributed by atoms with van der Waals surface area (Å²) in [4.78, 5) is 9.11. The van der Waals surface area contributed by atoms with Gasteiger partial charge in [-0.3, -0.25) is 4.99 Å². The van der Waals surface area contributed by atoms with Crippen molar-refractivity contribution in [3.05, 3.63) is 51.7 Å². The Bertz CT molecular complexity index is 739. The highest BCUT2D eigenvalue weighted by Gasteiger charge is 2.03. The van der Waals surface area contributed by atoms with Gasteiger partial charge in [0, 0.05) is 43.5 Å². The molecule has 0 aliphatic carbocycles. The first kappa shape index (κ1) is 25.7. The van der Waals surface area contributed by atoms with E-state index in [2.05, 4.69) is 58.8 Å². The van der Waals surface area contributed by atoms with Gasteiger partial charge in [-0.1, -0.05) is 12.1 Å². The van der Waals surface area contributed by atoms with Crippen LogP contribution in [0.2, 0.25) is 0 Å². The maximum atomic E-state index is 5.88. The molecule has 6 nitrogen and oxygen atoms in total. The van der Waals surface area contributed by atoms with Gasteiger partial charge in [0.2, 0.25) is 0 Å². The quantitative estimate of drug-likeness (QED) is 0.264. The Morgan fingerprint density at radius 1 is 1.10 bits per heavy atom. The van der Waals surface area contributed by atoms with Crippen molar-refractivity contribution in [1.29, 1.82) is 0 Å². The van der Waals surface area contributed by atoms with Crippen LogP contribution in [0.4, 0.5) is 0 Å². The van der Waals surface area contributed by atoms with Crippen molar-refractivity contribution in [3.63, 3.8) is 0 Å². The van der Waals surface area contributed by atoms with Gasteiger partial charge in [0.15, 0.2) is 5.96 Å². The van der Waals surface area contributed by atoms with Gasteiger partial charge in [-0.25, -0.2) is 0 Å². The highest BCUT2D eigenvalue weighted by Crippen LogP contribution is 2.15. The first-order valence-corrected chi connectivity index (χ1v) is 10.3. The number of likely N-dealkylation sites (N-methyl/N-ethyl adjacent to an activating group) is 1. The van der Waals surface area contributed by atoms with Gasteiger partial charge < -0.3 is 25.0 Å². The summed E-state index contributed by atoms with van der Waals surface area (Å²) in [5, 5.41) is 6.70. The Hall–Kier alpha value is -1.36. The van der Waals surface area contributed by atoms with E-state index in [4.69, 9.17) is 9.47 Å². The van der Waals surface area contributed by atoms with E-state index in [1.54, 1.807) is 25.5 Å². The number of nitrogens with zero attached hydrogens (tertiary/aromatic N) is 2. The molecule has 8 heteroatoms. The minimum atomic E-state index is 0. The van der Waals surface area contributed by atoms with Crippen LogP contribution in [-0.4, -0.2) is 58.4 Å². The third kappa shape index (κ3) is 10.3. The van der Waals surface area contributed by atoms with Gasteiger partial charge >= 0.3 is 0 Å². The van der Waals surface area contributed by atoms with Crippen molar-refractivity contribution in [2.45, 2.75) is 20.0 Å². The monoisotopic (exact) mass is 532 g/mol. The van der Waals surface area contributed by atoms with Crippen LogP contribution in [0.15, 0.2) is 41.4 Å². The summed E-state index contributed by atoms with van der Waals surface area (Å²) < 4.78 is 11.0. The molecule has 0 aliphatic heterocycles. The lowest BCUT2D eigenvalue weighted by Gasteiger charge is -2.16. The first-order chi connectivity index (χ1) is 13.6. The second-order valence-electron chi connectivity index (χ2n) is 6.58. The summed E-state index contributed by atoms with van der Waals surface area (Å²) in [7, 11) is 5.57. The largest absolute Gasteiger partial charge is 0.492 e. The molecule has 0 spiro atoms. The van der Waals surface area contributed by atoms with Crippen LogP contribution in [0.3, 0.4) is 0 Å². The average molecular weight is 532 g/mol. The molecule has 1 aromatic heterocycles. The SMILES string of the molecule is CN=C(NCc1cccc(OCCN(C)CCOC)c1)NCc1ccc(C)s1.I. The standard InChI is InChI=1S/C21H32N4O2S.HI/c1-17-8-9-20(28-17)16-24-21(22-2)23-15-18-6-5-7-19(14-18)27-13-11-25(3)10-12-26-4;/h5-9,14H,10-13,15-16H2,1-4H3,(H2,22,23,24);1H. The molecule has 2 N–H and O–H groups in total. The third-order valence-corrected chi connectivity index (χ3v) is 5.23. The topological polar surface area (TPSA) is 58.1 Å². The van der Waals surface area contributed by atoms with Crippen LogP contribution in [0.1, 0.15) is 15.3 Å². The Kier molecular flexibility index (Phi) is 12.9. The molecule has 1 heterocycles. The lowest BCUT2D eigenvalue weighted by Crippen LogP contribution is -2.36. The molecule has 2 rings (SSSR count). The lowest BCUT2D eigenvalue weighted by atomic mass is 10.2. The number of nitrogens with one attached hydrogen (secondary N) is 2. The van der Waals surface area contributed by atoms with Crippen molar-refractivity contribution in [3.8, 4) is 5.75 Å². The molecular weight excluding hydrogens is 499 g/mol. The van der Waals surface area contributed by atoms with Gasteiger partial charge in [-0.05, 0) is 43.8 Å². The van der Waals surface area contributed by atoms with Gasteiger partial charge in [0.05, 0.1) is 13.2 Å². The van der Waals surface area contributed by atoms with Crippen LogP contribution < -0.4 is 15.4 Å². The zero-order valence-corrected chi connectivity index (χ0v) is 20.9. The second-order valence-corrected chi connectivity index (χ2v) is 7.96. The number of benzene rings is 1. The molecule has 162 valence electrons. The van der Waals surface area contributed by atoms with Crippen molar-refractivity contribution in [2.24, 2.45) is 4.99 Å². The van der Waals surface area contributed by atoms with Crippen molar-refractivity contribution < 1.29 is 9.47 Å². The zero-order chi connectivity index (χ0) is 20.2. The number of aliphatic imine (C=N–C) groups is 1. The minimum Gasteiger partial charge on any atom is -0.492 e. The number of thiophene rings is 1. The summed E-state index contributed by atoms with van der Waals surface area (Å²) in [6.07, 6.45) is 0. The van der Waals surface area contributed by atoms with E-state index in [1.807, 2.05) is 12.1 Å². The summed E-state index contributed by atoms with van der Waals surface area (Å²) in [5.41, 5.74) is 1.15. The lowest BCUT2D eigenvalue weighted by molar-refractivity contribution is 0.150. The highest BCUT2D eigenvalue weighted by atomic mass is 127. The van der Waals surface area contributed by atoms with Crippen LogP contribution in [0, 0.1) is 6.92 Å². The number of aryl methyl sites for hydroxylation is 1. The Labute approximate surface area is 195 Å². The summed E-state index contributed by atoms with van der Waals surface area (Å²) >= 11 is 1.80. The average Bonchev–Trinajstić information content (AvgIpc) is 3.12. The number of methoxy groups -OCH3 is 1. The van der Waals surface area contributed by atoms with Crippen molar-refractivity contribution in [2.75, 3.05) is 47.5 Å². The second kappa shape index (κ2) is 14.6. The van der Waals surface area contributed by atoms with E-state index in [9.17, 15) is 0 Å². The number of halogens is 1. The number of hydrogen-bond donors (Lipinski definition) is 2. The van der Waals surface area contributed by atoms with E-state index in [0.717, 1.165) is 43.5 Å². The predicted molar refractivity (Wildman–Crippen MR) is 133 cm³/mol. The van der Waals surface area contributed by atoms with Crippen molar-refractivity contribution in [1.82, 2.24) is 15.5 Å². The van der Waals surface area contributed by atoms with Gasteiger partial charge in [-0.2, -0.15) is 0 Å². The van der Waals surface area contributed by atoms with E-state index in [0.29, 0.717) is 13.2 Å². The van der Waals surface area contributed by atoms with E-state index < -0.39 is 0 Å². The number of guanidine groups is 1. The van der Waals surface area contributed by atoms with E-state index >= 15 is 0 Å². The third-order valence-electron chi connectivity index (χ3n) is 4.23. The fourth-order valence-electron chi connectivity index (χ4n) is 2.58. The molecule has 0 bridgehead atoms. The summed E-state index contributed by atoms with van der Waals surface area (Å²) in [6, 6.07) is 12.4. The van der Waals surface area contributed by atoms with Crippen LogP contribution in [0.5, 0.6) is 5.75 Å². The number of ether oxygens (including phenoxy) is 2. The fraction of sp³-hybridized carbons (Fsp3) is 0.476.